The Morgan fingerprint density at radius 2 is 1.81 bits per heavy atom. The van der Waals surface area contributed by atoms with E-state index >= 15 is 0 Å². The van der Waals surface area contributed by atoms with Crippen LogP contribution in [0.15, 0.2) is 59.1 Å². The molecular formula is C18H13F3N2O4. The van der Waals surface area contributed by atoms with E-state index in [0.717, 1.165) is 12.1 Å². The molecule has 1 heterocycles. The number of carbonyl (C=O) groups is 1. The van der Waals surface area contributed by atoms with Gasteiger partial charge in [0.2, 0.25) is 0 Å². The summed E-state index contributed by atoms with van der Waals surface area (Å²) in [6, 6.07) is 13.2. The minimum absolute atomic E-state index is 0.0171. The third kappa shape index (κ3) is 4.78. The van der Waals surface area contributed by atoms with E-state index in [0.29, 0.717) is 17.1 Å². The van der Waals surface area contributed by atoms with Crippen LogP contribution in [0.1, 0.15) is 10.5 Å². The Labute approximate surface area is 151 Å². The number of nitrogens with zero attached hydrogens (tertiary/aromatic N) is 1. The smallest absolute Gasteiger partial charge is 0.497 e. The number of ether oxygens (including phenoxy) is 2. The van der Waals surface area contributed by atoms with Crippen molar-refractivity contribution in [3.05, 3.63) is 60.3 Å². The van der Waals surface area contributed by atoms with Crippen LogP contribution in [0.2, 0.25) is 0 Å². The standard InChI is InChI=1S/C18H13F3N2O4/c1-25-14-4-2-3-11(9-14)16-10-15(23-27-16)17(24)22-12-5-7-13(8-6-12)26-18(19,20)21/h2-10H,1H3,(H,22,24). The monoisotopic (exact) mass is 378 g/mol. The number of halogens is 3. The average Bonchev–Trinajstić information content (AvgIpc) is 3.12. The summed E-state index contributed by atoms with van der Waals surface area (Å²) in [6.07, 6.45) is -4.78. The number of amides is 1. The van der Waals surface area contributed by atoms with Crippen LogP contribution in [0.25, 0.3) is 11.3 Å². The summed E-state index contributed by atoms with van der Waals surface area (Å²) >= 11 is 0. The van der Waals surface area contributed by atoms with Gasteiger partial charge in [-0.2, -0.15) is 0 Å². The predicted molar refractivity (Wildman–Crippen MR) is 89.6 cm³/mol. The fourth-order valence-corrected chi connectivity index (χ4v) is 2.23. The zero-order chi connectivity index (χ0) is 19.4. The van der Waals surface area contributed by atoms with Crippen LogP contribution in [-0.4, -0.2) is 24.5 Å². The van der Waals surface area contributed by atoms with Gasteiger partial charge in [-0.05, 0) is 36.4 Å². The molecule has 0 saturated heterocycles. The molecule has 0 spiro atoms. The van der Waals surface area contributed by atoms with E-state index in [1.807, 2.05) is 0 Å². The van der Waals surface area contributed by atoms with Crippen molar-refractivity contribution in [2.75, 3.05) is 12.4 Å². The number of methoxy groups -OCH3 is 1. The quantitative estimate of drug-likeness (QED) is 0.708. The second kappa shape index (κ2) is 7.40. The molecule has 0 aliphatic heterocycles. The lowest BCUT2D eigenvalue weighted by Crippen LogP contribution is -2.17. The summed E-state index contributed by atoms with van der Waals surface area (Å²) in [5.74, 6) is 0.0312. The van der Waals surface area contributed by atoms with Gasteiger partial charge in [0, 0.05) is 17.3 Å². The number of carbonyl (C=O) groups excluding carboxylic acids is 1. The van der Waals surface area contributed by atoms with Crippen molar-refractivity contribution in [1.82, 2.24) is 5.16 Å². The van der Waals surface area contributed by atoms with Gasteiger partial charge in [-0.1, -0.05) is 17.3 Å². The Morgan fingerprint density at radius 1 is 1.07 bits per heavy atom. The van der Waals surface area contributed by atoms with Gasteiger partial charge in [0.1, 0.15) is 11.5 Å². The normalized spacial score (nSPS) is 11.1. The van der Waals surface area contributed by atoms with Gasteiger partial charge in [0.05, 0.1) is 7.11 Å². The lowest BCUT2D eigenvalue weighted by Gasteiger charge is -2.09. The number of rotatable bonds is 5. The number of nitrogens with one attached hydrogen (secondary N) is 1. The van der Waals surface area contributed by atoms with Crippen molar-refractivity contribution in [3.63, 3.8) is 0 Å². The predicted octanol–water partition coefficient (Wildman–Crippen LogP) is 4.50. The molecule has 1 aromatic heterocycles. The molecule has 1 N–H and O–H groups in total. The highest BCUT2D eigenvalue weighted by atomic mass is 19.4. The van der Waals surface area contributed by atoms with Crippen molar-refractivity contribution < 1.29 is 32.0 Å². The molecule has 6 nitrogen and oxygen atoms in total. The highest BCUT2D eigenvalue weighted by Crippen LogP contribution is 2.26. The molecule has 3 aromatic rings. The number of aromatic nitrogens is 1. The molecule has 27 heavy (non-hydrogen) atoms. The zero-order valence-corrected chi connectivity index (χ0v) is 13.9. The first-order valence-electron chi connectivity index (χ1n) is 7.62. The molecule has 0 bridgehead atoms. The summed E-state index contributed by atoms with van der Waals surface area (Å²) in [5, 5.41) is 6.22. The van der Waals surface area contributed by atoms with Gasteiger partial charge in [0.25, 0.3) is 5.91 Å². The lowest BCUT2D eigenvalue weighted by atomic mass is 10.1. The second-order valence-corrected chi connectivity index (χ2v) is 5.33. The molecule has 0 saturated carbocycles. The summed E-state index contributed by atoms with van der Waals surface area (Å²) < 4.78 is 50.5. The van der Waals surface area contributed by atoms with E-state index in [9.17, 15) is 18.0 Å². The van der Waals surface area contributed by atoms with E-state index < -0.39 is 12.3 Å². The highest BCUT2D eigenvalue weighted by Gasteiger charge is 2.31. The molecule has 2 aromatic carbocycles. The summed E-state index contributed by atoms with van der Waals surface area (Å²) in [6.45, 7) is 0. The van der Waals surface area contributed by atoms with E-state index in [2.05, 4.69) is 15.2 Å². The summed E-state index contributed by atoms with van der Waals surface area (Å²) in [5.41, 5.74) is 0.971. The van der Waals surface area contributed by atoms with E-state index in [-0.39, 0.29) is 17.1 Å². The zero-order valence-electron chi connectivity index (χ0n) is 13.9. The van der Waals surface area contributed by atoms with E-state index in [1.165, 1.54) is 25.3 Å². The number of alkyl halides is 3. The van der Waals surface area contributed by atoms with Crippen molar-refractivity contribution >= 4 is 11.6 Å². The summed E-state index contributed by atoms with van der Waals surface area (Å²) in [4.78, 5) is 12.2. The Morgan fingerprint density at radius 3 is 2.48 bits per heavy atom. The number of hydrogen-bond acceptors (Lipinski definition) is 5. The van der Waals surface area contributed by atoms with Crippen LogP contribution in [0.3, 0.4) is 0 Å². The third-order valence-corrected chi connectivity index (χ3v) is 3.44. The maximum atomic E-state index is 12.2. The molecule has 0 radical (unpaired) electrons. The summed E-state index contributed by atoms with van der Waals surface area (Å²) in [7, 11) is 1.53. The van der Waals surface area contributed by atoms with Gasteiger partial charge < -0.3 is 19.3 Å². The van der Waals surface area contributed by atoms with Crippen LogP contribution in [0.5, 0.6) is 11.5 Å². The van der Waals surface area contributed by atoms with Gasteiger partial charge in [0.15, 0.2) is 11.5 Å². The van der Waals surface area contributed by atoms with Crippen LogP contribution in [0, 0.1) is 0 Å². The third-order valence-electron chi connectivity index (χ3n) is 3.44. The van der Waals surface area contributed by atoms with Crippen molar-refractivity contribution in [2.45, 2.75) is 6.36 Å². The molecule has 3 rings (SSSR count). The first-order chi connectivity index (χ1) is 12.8. The fraction of sp³-hybridized carbons (Fsp3) is 0.111. The first kappa shape index (κ1) is 18.3. The Bertz CT molecular complexity index is 936. The van der Waals surface area contributed by atoms with Crippen molar-refractivity contribution in [3.8, 4) is 22.8 Å². The van der Waals surface area contributed by atoms with Gasteiger partial charge >= 0.3 is 6.36 Å². The van der Waals surface area contributed by atoms with Gasteiger partial charge in [-0.25, -0.2) is 0 Å². The largest absolute Gasteiger partial charge is 0.573 e. The van der Waals surface area contributed by atoms with Crippen molar-refractivity contribution in [2.24, 2.45) is 0 Å². The fourth-order valence-electron chi connectivity index (χ4n) is 2.23. The molecule has 9 heteroatoms. The molecule has 0 aliphatic rings. The second-order valence-electron chi connectivity index (χ2n) is 5.33. The molecular weight excluding hydrogens is 365 g/mol. The molecule has 0 atom stereocenters. The maximum Gasteiger partial charge on any atom is 0.573 e. The van der Waals surface area contributed by atoms with Crippen molar-refractivity contribution in [1.29, 1.82) is 0 Å². The highest BCUT2D eigenvalue weighted by molar-refractivity contribution is 6.03. The van der Waals surface area contributed by atoms with Crippen LogP contribution in [0.4, 0.5) is 18.9 Å². The SMILES string of the molecule is COc1cccc(-c2cc(C(=O)Nc3ccc(OC(F)(F)F)cc3)no2)c1. The Hall–Kier alpha value is -3.49. The molecule has 140 valence electrons. The van der Waals surface area contributed by atoms with Gasteiger partial charge in [-0.15, -0.1) is 13.2 Å². The lowest BCUT2D eigenvalue weighted by molar-refractivity contribution is -0.274. The van der Waals surface area contributed by atoms with E-state index in [1.54, 1.807) is 24.3 Å². The topological polar surface area (TPSA) is 73.6 Å². The molecule has 0 fully saturated rings. The molecule has 1 amide bonds. The molecule has 0 aliphatic carbocycles. The average molecular weight is 378 g/mol. The first-order valence-corrected chi connectivity index (χ1v) is 7.62. The van der Waals surface area contributed by atoms with Crippen LogP contribution in [-0.2, 0) is 0 Å². The minimum Gasteiger partial charge on any atom is -0.497 e. The number of benzene rings is 2. The Kier molecular flexibility index (Phi) is 5.02. The maximum absolute atomic E-state index is 12.2. The van der Waals surface area contributed by atoms with Gasteiger partial charge in [-0.3, -0.25) is 4.79 Å². The van der Waals surface area contributed by atoms with E-state index in [4.69, 9.17) is 9.26 Å². The number of hydrogen-bond donors (Lipinski definition) is 1. The minimum atomic E-state index is -4.78. The number of anilines is 1. The molecule has 0 unspecified atom stereocenters. The van der Waals surface area contributed by atoms with Crippen LogP contribution < -0.4 is 14.8 Å². The Balaban J connectivity index is 1.69. The van der Waals surface area contributed by atoms with Crippen LogP contribution >= 0.6 is 0 Å².